The first-order valence-corrected chi connectivity index (χ1v) is 9.27. The van der Waals surface area contributed by atoms with Gasteiger partial charge in [0.2, 0.25) is 5.91 Å². The second-order valence-electron chi connectivity index (χ2n) is 6.06. The molecule has 1 unspecified atom stereocenters. The Hall–Kier alpha value is -2.27. The summed E-state index contributed by atoms with van der Waals surface area (Å²) in [6, 6.07) is 17.4. The summed E-state index contributed by atoms with van der Waals surface area (Å²) in [5.41, 5.74) is 1.06. The normalized spacial score (nSPS) is 17.4. The maximum Gasteiger partial charge on any atom is 0.236 e. The van der Waals surface area contributed by atoms with E-state index in [9.17, 15) is 9.59 Å². The van der Waals surface area contributed by atoms with E-state index in [2.05, 4.69) is 0 Å². The van der Waals surface area contributed by atoms with Crippen LogP contribution in [0.3, 0.4) is 0 Å². The van der Waals surface area contributed by atoms with E-state index in [0.29, 0.717) is 6.54 Å². The Morgan fingerprint density at radius 2 is 1.80 bits per heavy atom. The number of para-hydroxylation sites is 1. The molecule has 2 aromatic rings. The molecule has 3 rings (SSSR count). The van der Waals surface area contributed by atoms with Gasteiger partial charge in [-0.2, -0.15) is 0 Å². The van der Waals surface area contributed by atoms with E-state index in [-0.39, 0.29) is 16.3 Å². The van der Waals surface area contributed by atoms with Crippen molar-refractivity contribution in [1.82, 2.24) is 4.90 Å². The number of ether oxygens (including phenoxy) is 1. The predicted molar refractivity (Wildman–Crippen MR) is 99.7 cm³/mol. The number of thioether (sulfide) groups is 1. The van der Waals surface area contributed by atoms with Gasteiger partial charge in [-0.3, -0.25) is 9.59 Å². The number of likely N-dealkylation sites (tertiary alicyclic amines) is 1. The molecule has 0 aromatic heterocycles. The Kier molecular flexibility index (Phi) is 5.76. The molecular formula is C20H21NO3S. The molecule has 2 aromatic carbocycles. The van der Waals surface area contributed by atoms with Gasteiger partial charge in [0, 0.05) is 20.0 Å². The topological polar surface area (TPSA) is 46.6 Å². The van der Waals surface area contributed by atoms with E-state index in [1.54, 1.807) is 0 Å². The Balaban J connectivity index is 1.61. The molecule has 1 fully saturated rings. The molecule has 0 N–H and O–H groups in total. The lowest BCUT2D eigenvalue weighted by atomic mass is 10.1. The average molecular weight is 355 g/mol. The van der Waals surface area contributed by atoms with Crippen molar-refractivity contribution in [2.45, 2.75) is 31.6 Å². The van der Waals surface area contributed by atoms with E-state index in [1.165, 1.54) is 6.92 Å². The number of carbonyl (C=O) groups is 2. The summed E-state index contributed by atoms with van der Waals surface area (Å²) < 4.78 is 5.78. The molecule has 0 bridgehead atoms. The largest absolute Gasteiger partial charge is 0.457 e. The predicted octanol–water partition coefficient (Wildman–Crippen LogP) is 4.25. The summed E-state index contributed by atoms with van der Waals surface area (Å²) in [7, 11) is 0. The molecule has 0 spiro atoms. The fourth-order valence-electron chi connectivity index (χ4n) is 2.88. The summed E-state index contributed by atoms with van der Waals surface area (Å²) in [6.45, 7) is 2.83. The Morgan fingerprint density at radius 3 is 2.48 bits per heavy atom. The quantitative estimate of drug-likeness (QED) is 0.804. The van der Waals surface area contributed by atoms with Crippen molar-refractivity contribution < 1.29 is 14.3 Å². The highest BCUT2D eigenvalue weighted by Crippen LogP contribution is 2.26. The van der Waals surface area contributed by atoms with Crippen LogP contribution in [-0.2, 0) is 16.1 Å². The Bertz CT molecular complexity index is 730. The van der Waals surface area contributed by atoms with Gasteiger partial charge in [0.05, 0.1) is 5.25 Å². The molecule has 1 amide bonds. The van der Waals surface area contributed by atoms with E-state index in [0.717, 1.165) is 48.2 Å². The number of hydrogen-bond acceptors (Lipinski definition) is 4. The van der Waals surface area contributed by atoms with Gasteiger partial charge in [0.25, 0.3) is 0 Å². The zero-order valence-corrected chi connectivity index (χ0v) is 15.0. The van der Waals surface area contributed by atoms with Crippen LogP contribution in [0, 0.1) is 0 Å². The number of piperidine rings is 1. The SMILES string of the molecule is CC(=O)SC1CCCN(Cc2ccc(Oc3ccccc3)cc2)C1=O. The third-order valence-electron chi connectivity index (χ3n) is 4.07. The Labute approximate surface area is 152 Å². The zero-order chi connectivity index (χ0) is 17.6. The molecule has 1 atom stereocenters. The lowest BCUT2D eigenvalue weighted by molar-refractivity contribution is -0.133. The van der Waals surface area contributed by atoms with Crippen molar-refractivity contribution in [1.29, 1.82) is 0 Å². The molecule has 130 valence electrons. The minimum absolute atomic E-state index is 0.00242. The van der Waals surface area contributed by atoms with Crippen LogP contribution in [0.15, 0.2) is 54.6 Å². The molecule has 1 saturated heterocycles. The van der Waals surface area contributed by atoms with Crippen LogP contribution >= 0.6 is 11.8 Å². The summed E-state index contributed by atoms with van der Waals surface area (Å²) in [4.78, 5) is 25.6. The van der Waals surface area contributed by atoms with Crippen LogP contribution in [0.2, 0.25) is 0 Å². The van der Waals surface area contributed by atoms with Crippen molar-refractivity contribution in [3.05, 3.63) is 60.2 Å². The van der Waals surface area contributed by atoms with Crippen molar-refractivity contribution in [2.75, 3.05) is 6.54 Å². The minimum atomic E-state index is -0.230. The fraction of sp³-hybridized carbons (Fsp3) is 0.300. The van der Waals surface area contributed by atoms with Gasteiger partial charge in [0.15, 0.2) is 5.12 Å². The summed E-state index contributed by atoms with van der Waals surface area (Å²) in [5.74, 6) is 1.63. The van der Waals surface area contributed by atoms with Gasteiger partial charge in [-0.1, -0.05) is 42.1 Å². The van der Waals surface area contributed by atoms with E-state index < -0.39 is 0 Å². The fourth-order valence-corrected chi connectivity index (χ4v) is 3.81. The highest BCUT2D eigenvalue weighted by atomic mass is 32.2. The van der Waals surface area contributed by atoms with Crippen LogP contribution in [0.1, 0.15) is 25.3 Å². The van der Waals surface area contributed by atoms with Crippen LogP contribution in [-0.4, -0.2) is 27.7 Å². The van der Waals surface area contributed by atoms with Gasteiger partial charge in [-0.25, -0.2) is 0 Å². The number of amides is 1. The molecule has 0 aliphatic carbocycles. The van der Waals surface area contributed by atoms with Crippen molar-refractivity contribution >= 4 is 22.8 Å². The first-order valence-electron chi connectivity index (χ1n) is 8.39. The van der Waals surface area contributed by atoms with E-state index >= 15 is 0 Å². The number of nitrogens with zero attached hydrogens (tertiary/aromatic N) is 1. The number of benzene rings is 2. The molecule has 5 heteroatoms. The van der Waals surface area contributed by atoms with Crippen molar-refractivity contribution in [3.63, 3.8) is 0 Å². The molecule has 25 heavy (non-hydrogen) atoms. The highest BCUT2D eigenvalue weighted by Gasteiger charge is 2.30. The third-order valence-corrected chi connectivity index (χ3v) is 5.12. The molecular weight excluding hydrogens is 334 g/mol. The van der Waals surface area contributed by atoms with Crippen molar-refractivity contribution in [2.24, 2.45) is 0 Å². The molecule has 4 nitrogen and oxygen atoms in total. The Morgan fingerprint density at radius 1 is 1.12 bits per heavy atom. The highest BCUT2D eigenvalue weighted by molar-refractivity contribution is 8.14. The number of rotatable bonds is 5. The standard InChI is InChI=1S/C20H21NO3S/c1-15(22)25-19-8-5-13-21(20(19)23)14-16-9-11-18(12-10-16)24-17-6-3-2-4-7-17/h2-4,6-7,9-12,19H,5,8,13-14H2,1H3. The van der Waals surface area contributed by atoms with Crippen LogP contribution in [0.25, 0.3) is 0 Å². The summed E-state index contributed by atoms with van der Waals surface area (Å²) in [6.07, 6.45) is 1.72. The maximum atomic E-state index is 12.5. The molecule has 0 saturated carbocycles. The number of carbonyl (C=O) groups excluding carboxylic acids is 2. The molecule has 1 aliphatic heterocycles. The zero-order valence-electron chi connectivity index (χ0n) is 14.2. The lowest BCUT2D eigenvalue weighted by Crippen LogP contribution is -2.42. The van der Waals surface area contributed by atoms with Crippen molar-refractivity contribution in [3.8, 4) is 11.5 Å². The smallest absolute Gasteiger partial charge is 0.236 e. The second kappa shape index (κ2) is 8.21. The first kappa shape index (κ1) is 17.5. The molecule has 1 aliphatic rings. The van der Waals surface area contributed by atoms with Gasteiger partial charge < -0.3 is 9.64 Å². The van der Waals surface area contributed by atoms with E-state index in [4.69, 9.17) is 4.74 Å². The monoisotopic (exact) mass is 355 g/mol. The van der Waals surface area contributed by atoms with Crippen LogP contribution in [0.5, 0.6) is 11.5 Å². The van der Waals surface area contributed by atoms with E-state index in [1.807, 2.05) is 59.5 Å². The third kappa shape index (κ3) is 4.86. The number of hydrogen-bond donors (Lipinski definition) is 0. The molecule has 0 radical (unpaired) electrons. The average Bonchev–Trinajstić information content (AvgIpc) is 2.61. The van der Waals surface area contributed by atoms with Gasteiger partial charge in [0.1, 0.15) is 11.5 Å². The van der Waals surface area contributed by atoms with Crippen LogP contribution < -0.4 is 4.74 Å². The first-order chi connectivity index (χ1) is 12.1. The van der Waals surface area contributed by atoms with Gasteiger partial charge in [-0.05, 0) is 42.7 Å². The second-order valence-corrected chi connectivity index (χ2v) is 7.44. The van der Waals surface area contributed by atoms with Gasteiger partial charge >= 0.3 is 0 Å². The lowest BCUT2D eigenvalue weighted by Gasteiger charge is -2.31. The summed E-state index contributed by atoms with van der Waals surface area (Å²) in [5, 5.41) is -0.227. The van der Waals surface area contributed by atoms with Crippen LogP contribution in [0.4, 0.5) is 0 Å². The minimum Gasteiger partial charge on any atom is -0.457 e. The molecule has 1 heterocycles. The van der Waals surface area contributed by atoms with Gasteiger partial charge in [-0.15, -0.1) is 0 Å². The maximum absolute atomic E-state index is 12.5. The summed E-state index contributed by atoms with van der Waals surface area (Å²) >= 11 is 1.15.